The Morgan fingerprint density at radius 3 is 2.53 bits per heavy atom. The van der Waals surface area contributed by atoms with E-state index in [0.717, 1.165) is 56.1 Å². The maximum atomic E-state index is 12.8. The molecule has 0 bridgehead atoms. The van der Waals surface area contributed by atoms with Crippen LogP contribution in [0.5, 0.6) is 11.6 Å². The molecular weight excluding hydrogens is 567 g/mol. The highest BCUT2D eigenvalue weighted by atomic mass is 19.4. The summed E-state index contributed by atoms with van der Waals surface area (Å²) in [5.74, 6) is 0.784. The maximum Gasteiger partial charge on any atom is 0.417 e. The monoisotopic (exact) mass is 597 g/mol. The van der Waals surface area contributed by atoms with Crippen molar-refractivity contribution < 1.29 is 37.3 Å². The number of methoxy groups -OCH3 is 1. The van der Waals surface area contributed by atoms with Gasteiger partial charge in [0.2, 0.25) is 5.88 Å². The third kappa shape index (κ3) is 6.13. The van der Waals surface area contributed by atoms with Crippen molar-refractivity contribution in [1.82, 2.24) is 24.4 Å². The van der Waals surface area contributed by atoms with Crippen LogP contribution in [0.25, 0.3) is 11.0 Å². The van der Waals surface area contributed by atoms with Crippen LogP contribution < -0.4 is 9.47 Å². The lowest BCUT2D eigenvalue weighted by atomic mass is 9.93. The lowest BCUT2D eigenvalue weighted by Crippen LogP contribution is -2.35. The van der Waals surface area contributed by atoms with Gasteiger partial charge in [-0.1, -0.05) is 6.07 Å². The van der Waals surface area contributed by atoms with Crippen LogP contribution in [-0.4, -0.2) is 62.3 Å². The number of aromatic carboxylic acids is 1. The number of ether oxygens (including phenoxy) is 3. The topological polar surface area (TPSA) is 112 Å². The predicted octanol–water partition coefficient (Wildman–Crippen LogP) is 5.43. The van der Waals surface area contributed by atoms with Gasteiger partial charge < -0.3 is 19.3 Å². The SMILES string of the molecule is COc1cc(C(=O)O)cc2c1nc(CN1CCC(c3cccc(OCc4ccc(C(F)(F)F)cn4)n3)CC1)n2[C@@H]1CCO1. The summed E-state index contributed by atoms with van der Waals surface area (Å²) in [5.41, 5.74) is 1.90. The van der Waals surface area contributed by atoms with E-state index in [4.69, 9.17) is 19.2 Å². The number of hydrogen-bond donors (Lipinski definition) is 1. The fourth-order valence-corrected chi connectivity index (χ4v) is 5.50. The number of aromatic nitrogens is 4. The Bertz CT molecular complexity index is 1610. The lowest BCUT2D eigenvalue weighted by molar-refractivity contribution is -0.137. The van der Waals surface area contributed by atoms with Crippen molar-refractivity contribution in [2.45, 2.75) is 50.7 Å². The van der Waals surface area contributed by atoms with E-state index in [0.29, 0.717) is 41.5 Å². The van der Waals surface area contributed by atoms with Crippen LogP contribution in [0.1, 0.15) is 64.5 Å². The Kier molecular flexibility index (Phi) is 7.93. The number of pyridine rings is 2. The molecule has 1 aromatic carbocycles. The first-order valence-electron chi connectivity index (χ1n) is 14.0. The highest BCUT2D eigenvalue weighted by Crippen LogP contribution is 2.36. The number of rotatable bonds is 9. The first kappa shape index (κ1) is 28.9. The summed E-state index contributed by atoms with van der Waals surface area (Å²) in [6.07, 6.45) is -1.28. The van der Waals surface area contributed by atoms with Crippen LogP contribution in [0.4, 0.5) is 13.2 Å². The zero-order valence-electron chi connectivity index (χ0n) is 23.4. The molecule has 0 amide bonds. The Balaban J connectivity index is 1.11. The molecule has 2 aliphatic rings. The van der Waals surface area contributed by atoms with E-state index < -0.39 is 17.7 Å². The molecule has 0 radical (unpaired) electrons. The molecule has 226 valence electrons. The Hall–Kier alpha value is -4.23. The van der Waals surface area contributed by atoms with Crippen molar-refractivity contribution in [3.63, 3.8) is 0 Å². The molecule has 0 spiro atoms. The molecule has 2 fully saturated rings. The molecule has 0 aliphatic carbocycles. The summed E-state index contributed by atoms with van der Waals surface area (Å²) in [4.78, 5) is 27.4. The smallest absolute Gasteiger partial charge is 0.417 e. The van der Waals surface area contributed by atoms with Crippen LogP contribution >= 0.6 is 0 Å². The van der Waals surface area contributed by atoms with Gasteiger partial charge in [-0.25, -0.2) is 14.8 Å². The first-order valence-corrected chi connectivity index (χ1v) is 14.0. The number of nitrogens with zero attached hydrogens (tertiary/aromatic N) is 5. The van der Waals surface area contributed by atoms with Crippen LogP contribution in [0, 0.1) is 0 Å². The Labute approximate surface area is 245 Å². The van der Waals surface area contributed by atoms with Crippen molar-refractivity contribution in [2.24, 2.45) is 0 Å². The van der Waals surface area contributed by atoms with Crippen LogP contribution in [0.2, 0.25) is 0 Å². The molecule has 4 aromatic rings. The van der Waals surface area contributed by atoms with E-state index in [2.05, 4.69) is 14.9 Å². The van der Waals surface area contributed by atoms with Gasteiger partial charge in [-0.15, -0.1) is 0 Å². The number of alkyl halides is 3. The molecule has 0 saturated carbocycles. The van der Waals surface area contributed by atoms with Gasteiger partial charge in [0, 0.05) is 30.3 Å². The maximum absolute atomic E-state index is 12.8. The molecule has 5 heterocycles. The van der Waals surface area contributed by atoms with E-state index in [1.807, 2.05) is 16.7 Å². The number of imidazole rings is 1. The quantitative estimate of drug-likeness (QED) is 0.270. The third-order valence-electron chi connectivity index (χ3n) is 7.90. The first-order chi connectivity index (χ1) is 20.7. The average molecular weight is 598 g/mol. The second-order valence-electron chi connectivity index (χ2n) is 10.6. The predicted molar refractivity (Wildman–Crippen MR) is 148 cm³/mol. The van der Waals surface area contributed by atoms with Gasteiger partial charge in [0.25, 0.3) is 0 Å². The van der Waals surface area contributed by atoms with Crippen molar-refractivity contribution in [3.05, 3.63) is 77.0 Å². The fraction of sp³-hybridized carbons (Fsp3) is 0.400. The fourth-order valence-electron chi connectivity index (χ4n) is 5.50. The van der Waals surface area contributed by atoms with Gasteiger partial charge >= 0.3 is 12.1 Å². The highest BCUT2D eigenvalue weighted by Gasteiger charge is 2.31. The summed E-state index contributed by atoms with van der Waals surface area (Å²) < 4.78 is 57.4. The second-order valence-corrected chi connectivity index (χ2v) is 10.6. The zero-order valence-corrected chi connectivity index (χ0v) is 23.4. The molecule has 0 unspecified atom stereocenters. The summed E-state index contributed by atoms with van der Waals surface area (Å²) in [6, 6.07) is 11.0. The zero-order chi connectivity index (χ0) is 30.1. The molecule has 6 rings (SSSR count). The number of fused-ring (bicyclic) bond motifs is 1. The molecule has 3 aromatic heterocycles. The largest absolute Gasteiger partial charge is 0.494 e. The summed E-state index contributed by atoms with van der Waals surface area (Å²) >= 11 is 0. The van der Waals surface area contributed by atoms with Crippen molar-refractivity contribution in [2.75, 3.05) is 26.8 Å². The number of benzene rings is 1. The standard InChI is InChI=1S/C30H30F3N5O5/c1-41-24-14-19(29(39)40)13-23-28(24)36-25(38(23)27-9-12-42-27)16-37-10-7-18(8-11-37)22-3-2-4-26(35-22)43-17-21-6-5-20(15-34-21)30(31,32)33/h2-6,13-15,18,27H,7-12,16-17H2,1H3,(H,39,40)/t27-/m0/s1. The third-order valence-corrected chi connectivity index (χ3v) is 7.90. The van der Waals surface area contributed by atoms with Gasteiger partial charge in [0.1, 0.15) is 29.9 Å². The summed E-state index contributed by atoms with van der Waals surface area (Å²) in [7, 11) is 1.50. The molecule has 13 heteroatoms. The molecule has 2 saturated heterocycles. The number of piperidine rings is 1. The van der Waals surface area contributed by atoms with Gasteiger partial charge in [0.15, 0.2) is 0 Å². The van der Waals surface area contributed by atoms with Crippen molar-refractivity contribution >= 4 is 17.0 Å². The molecule has 1 atom stereocenters. The number of carboxylic acids is 1. The molecule has 43 heavy (non-hydrogen) atoms. The molecular formula is C30H30F3N5O5. The number of halogens is 3. The van der Waals surface area contributed by atoms with E-state index in [9.17, 15) is 23.1 Å². The van der Waals surface area contributed by atoms with Gasteiger partial charge in [0.05, 0.1) is 42.6 Å². The molecule has 10 nitrogen and oxygen atoms in total. The number of likely N-dealkylation sites (tertiary alicyclic amines) is 1. The highest BCUT2D eigenvalue weighted by molar-refractivity contribution is 5.95. The van der Waals surface area contributed by atoms with E-state index in [1.54, 1.807) is 12.1 Å². The Morgan fingerprint density at radius 1 is 1.12 bits per heavy atom. The molecule has 1 N–H and O–H groups in total. The van der Waals surface area contributed by atoms with Crippen molar-refractivity contribution in [3.8, 4) is 11.6 Å². The number of carbonyl (C=O) groups is 1. The van der Waals surface area contributed by atoms with Crippen LogP contribution in [0.3, 0.4) is 0 Å². The molecule has 2 aliphatic heterocycles. The summed E-state index contributed by atoms with van der Waals surface area (Å²) in [5, 5.41) is 9.61. The Morgan fingerprint density at radius 2 is 1.91 bits per heavy atom. The summed E-state index contributed by atoms with van der Waals surface area (Å²) in [6.45, 7) is 2.83. The lowest BCUT2D eigenvalue weighted by Gasteiger charge is -2.33. The van der Waals surface area contributed by atoms with E-state index >= 15 is 0 Å². The minimum atomic E-state index is -4.43. The number of hydrogen-bond acceptors (Lipinski definition) is 8. The average Bonchev–Trinajstić information content (AvgIpc) is 3.32. The van der Waals surface area contributed by atoms with E-state index in [1.165, 1.54) is 19.2 Å². The number of carboxylic acid groups (broad SMARTS) is 1. The van der Waals surface area contributed by atoms with Crippen LogP contribution in [-0.2, 0) is 24.1 Å². The van der Waals surface area contributed by atoms with Gasteiger partial charge in [-0.2, -0.15) is 13.2 Å². The van der Waals surface area contributed by atoms with Crippen molar-refractivity contribution in [1.29, 1.82) is 0 Å². The van der Waals surface area contributed by atoms with Crippen LogP contribution in [0.15, 0.2) is 48.7 Å². The van der Waals surface area contributed by atoms with Gasteiger partial charge in [-0.3, -0.25) is 14.5 Å². The normalized spacial score (nSPS) is 18.0. The van der Waals surface area contributed by atoms with E-state index in [-0.39, 0.29) is 24.3 Å². The minimum Gasteiger partial charge on any atom is -0.494 e. The second kappa shape index (κ2) is 11.8. The minimum absolute atomic E-state index is 0.0114. The van der Waals surface area contributed by atoms with Gasteiger partial charge in [-0.05, 0) is 56.3 Å².